The van der Waals surface area contributed by atoms with E-state index in [9.17, 15) is 0 Å². The molecule has 12 aromatic rings. The van der Waals surface area contributed by atoms with E-state index in [1.54, 1.807) is 0 Å². The minimum atomic E-state index is 0.537. The number of rotatable bonds is 5. The van der Waals surface area contributed by atoms with Crippen LogP contribution in [0.15, 0.2) is 187 Å². The van der Waals surface area contributed by atoms with Crippen LogP contribution in [0.3, 0.4) is 0 Å². The van der Waals surface area contributed by atoms with Gasteiger partial charge in [-0.3, -0.25) is 9.55 Å². The maximum Gasteiger partial charge on any atom is 0.238 e. The van der Waals surface area contributed by atoms with Gasteiger partial charge in [0.05, 0.1) is 27.8 Å². The van der Waals surface area contributed by atoms with Gasteiger partial charge in [-0.1, -0.05) is 121 Å². The quantitative estimate of drug-likeness (QED) is 0.176. The molecular formula is C50H30N6O. The number of fused-ring (bicyclic) bond motifs is 9. The Hall–Kier alpha value is -7.90. The normalized spacial score (nSPS) is 11.9. The van der Waals surface area contributed by atoms with Gasteiger partial charge >= 0.3 is 0 Å². The molecule has 0 saturated carbocycles. The van der Waals surface area contributed by atoms with Crippen LogP contribution >= 0.6 is 0 Å². The van der Waals surface area contributed by atoms with Crippen LogP contribution in [0.1, 0.15) is 0 Å². The van der Waals surface area contributed by atoms with Crippen LogP contribution in [-0.4, -0.2) is 29.1 Å². The minimum absolute atomic E-state index is 0.537. The van der Waals surface area contributed by atoms with Crippen molar-refractivity contribution in [2.45, 2.75) is 0 Å². The van der Waals surface area contributed by atoms with E-state index >= 15 is 0 Å². The Balaban J connectivity index is 1.15. The Bertz CT molecular complexity index is 3490. The molecule has 7 heteroatoms. The number of pyridine rings is 1. The fourth-order valence-corrected chi connectivity index (χ4v) is 8.69. The molecule has 0 aliphatic carbocycles. The first-order chi connectivity index (χ1) is 28.3. The molecule has 0 bridgehead atoms. The van der Waals surface area contributed by atoms with Gasteiger partial charge in [0.2, 0.25) is 5.95 Å². The Morgan fingerprint density at radius 3 is 1.88 bits per heavy atom. The average Bonchev–Trinajstić information content (AvgIpc) is 3.94. The SMILES string of the molecule is c1ccc(-c2nc(-c3ccccc3-n3c4ccccc4c4cnccc43)nc(-n3c4ccccc4c4c(-c5cccc6oc7ccccc7c56)cccc43)n2)cc1. The van der Waals surface area contributed by atoms with Crippen LogP contribution in [0.25, 0.3) is 111 Å². The first-order valence-corrected chi connectivity index (χ1v) is 19.0. The van der Waals surface area contributed by atoms with Crippen LogP contribution in [0.2, 0.25) is 0 Å². The van der Waals surface area contributed by atoms with E-state index in [1.807, 2.05) is 54.9 Å². The van der Waals surface area contributed by atoms with Crippen molar-refractivity contribution in [3.05, 3.63) is 182 Å². The average molecular weight is 731 g/mol. The summed E-state index contributed by atoms with van der Waals surface area (Å²) in [5, 5.41) is 6.64. The second-order valence-corrected chi connectivity index (χ2v) is 14.2. The lowest BCUT2D eigenvalue weighted by molar-refractivity contribution is 0.669. The summed E-state index contributed by atoms with van der Waals surface area (Å²) < 4.78 is 10.8. The molecule has 57 heavy (non-hydrogen) atoms. The van der Waals surface area contributed by atoms with Crippen LogP contribution in [0.5, 0.6) is 0 Å². The molecular weight excluding hydrogens is 701 g/mol. The monoisotopic (exact) mass is 730 g/mol. The van der Waals surface area contributed by atoms with E-state index in [1.165, 1.54) is 0 Å². The first kappa shape index (κ1) is 31.5. The molecule has 0 aliphatic heterocycles. The number of aromatic nitrogens is 6. The summed E-state index contributed by atoms with van der Waals surface area (Å²) in [6, 6.07) is 58.6. The highest BCUT2D eigenvalue weighted by Gasteiger charge is 2.23. The van der Waals surface area contributed by atoms with Crippen LogP contribution in [0.4, 0.5) is 0 Å². The third-order valence-corrected chi connectivity index (χ3v) is 11.1. The highest BCUT2D eigenvalue weighted by atomic mass is 16.3. The maximum atomic E-state index is 6.35. The number of hydrogen-bond acceptors (Lipinski definition) is 5. The number of para-hydroxylation sites is 4. The molecule has 7 nitrogen and oxygen atoms in total. The van der Waals surface area contributed by atoms with Crippen molar-refractivity contribution in [2.24, 2.45) is 0 Å². The summed E-state index contributed by atoms with van der Waals surface area (Å²) in [6.07, 6.45) is 3.79. The molecule has 0 fully saturated rings. The molecule has 0 aliphatic rings. The van der Waals surface area contributed by atoms with E-state index in [0.717, 1.165) is 93.5 Å². The van der Waals surface area contributed by atoms with Gasteiger partial charge in [-0.05, 0) is 59.7 Å². The van der Waals surface area contributed by atoms with Gasteiger partial charge in [-0.2, -0.15) is 9.97 Å². The first-order valence-electron chi connectivity index (χ1n) is 19.0. The zero-order valence-corrected chi connectivity index (χ0v) is 30.4. The second kappa shape index (κ2) is 12.3. The molecule has 0 spiro atoms. The zero-order valence-electron chi connectivity index (χ0n) is 30.4. The van der Waals surface area contributed by atoms with Crippen molar-refractivity contribution >= 4 is 65.6 Å². The van der Waals surface area contributed by atoms with Crippen LogP contribution in [-0.2, 0) is 0 Å². The van der Waals surface area contributed by atoms with Crippen molar-refractivity contribution in [3.63, 3.8) is 0 Å². The molecule has 5 aromatic heterocycles. The number of hydrogen-bond donors (Lipinski definition) is 0. The lowest BCUT2D eigenvalue weighted by atomic mass is 9.95. The summed E-state index contributed by atoms with van der Waals surface area (Å²) in [4.78, 5) is 20.4. The standard InChI is InChI=1S/C50H30N6O/c1-2-14-31(15-3-1)48-52-49(36-18-6-10-24-41(36)55-39-22-8-4-16-32(39)38-30-51-29-28-42(38)55)54-50(53-48)56-40-23-9-5-17-35(40)46-33(20-12-25-43(46)56)34-21-13-27-45-47(34)37-19-7-11-26-44(37)57-45/h1-30H. The van der Waals surface area contributed by atoms with Gasteiger partial charge in [-0.25, -0.2) is 4.98 Å². The third kappa shape index (κ3) is 4.72. The van der Waals surface area contributed by atoms with Gasteiger partial charge in [0, 0.05) is 55.8 Å². The van der Waals surface area contributed by atoms with Gasteiger partial charge in [0.15, 0.2) is 11.6 Å². The zero-order chi connectivity index (χ0) is 37.5. The van der Waals surface area contributed by atoms with Crippen LogP contribution in [0, 0.1) is 0 Å². The molecule has 12 rings (SSSR count). The second-order valence-electron chi connectivity index (χ2n) is 14.2. The molecule has 0 N–H and O–H groups in total. The van der Waals surface area contributed by atoms with Crippen LogP contribution < -0.4 is 0 Å². The molecule has 0 radical (unpaired) electrons. The van der Waals surface area contributed by atoms with E-state index in [0.29, 0.717) is 17.6 Å². The Labute approximate surface area is 325 Å². The van der Waals surface area contributed by atoms with Gasteiger partial charge in [0.1, 0.15) is 11.2 Å². The summed E-state index contributed by atoms with van der Waals surface area (Å²) in [7, 11) is 0. The van der Waals surface area contributed by atoms with Gasteiger partial charge in [0.25, 0.3) is 0 Å². The van der Waals surface area contributed by atoms with Crippen molar-refractivity contribution in [1.82, 2.24) is 29.1 Å². The fraction of sp³-hybridized carbons (Fsp3) is 0. The molecule has 0 atom stereocenters. The third-order valence-electron chi connectivity index (χ3n) is 11.1. The molecule has 0 saturated heterocycles. The summed E-state index contributed by atoms with van der Waals surface area (Å²) in [5.41, 5.74) is 10.9. The van der Waals surface area contributed by atoms with E-state index in [-0.39, 0.29) is 0 Å². The van der Waals surface area contributed by atoms with E-state index in [4.69, 9.17) is 19.4 Å². The number of benzene rings is 7. The smallest absolute Gasteiger partial charge is 0.238 e. The highest BCUT2D eigenvalue weighted by molar-refractivity contribution is 6.21. The number of nitrogens with zero attached hydrogens (tertiary/aromatic N) is 6. The minimum Gasteiger partial charge on any atom is -0.456 e. The van der Waals surface area contributed by atoms with E-state index < -0.39 is 0 Å². The van der Waals surface area contributed by atoms with Crippen molar-refractivity contribution in [2.75, 3.05) is 0 Å². The Morgan fingerprint density at radius 2 is 1.00 bits per heavy atom. The van der Waals surface area contributed by atoms with Gasteiger partial charge in [-0.15, -0.1) is 0 Å². The van der Waals surface area contributed by atoms with E-state index in [2.05, 4.69) is 142 Å². The lowest BCUT2D eigenvalue weighted by Crippen LogP contribution is -2.07. The highest BCUT2D eigenvalue weighted by Crippen LogP contribution is 2.43. The Kier molecular flexibility index (Phi) is 6.79. The number of furan rings is 1. The topological polar surface area (TPSA) is 74.6 Å². The van der Waals surface area contributed by atoms with Crippen molar-refractivity contribution in [1.29, 1.82) is 0 Å². The molecule has 0 amide bonds. The summed E-state index contributed by atoms with van der Waals surface area (Å²) in [6.45, 7) is 0. The van der Waals surface area contributed by atoms with Gasteiger partial charge < -0.3 is 8.98 Å². The Morgan fingerprint density at radius 1 is 0.386 bits per heavy atom. The molecule has 0 unspecified atom stereocenters. The maximum absolute atomic E-state index is 6.35. The van der Waals surface area contributed by atoms with Crippen molar-refractivity contribution < 1.29 is 4.42 Å². The summed E-state index contributed by atoms with van der Waals surface area (Å²) in [5.74, 6) is 1.70. The van der Waals surface area contributed by atoms with Crippen molar-refractivity contribution in [3.8, 4) is 45.5 Å². The fourth-order valence-electron chi connectivity index (χ4n) is 8.69. The molecule has 5 heterocycles. The summed E-state index contributed by atoms with van der Waals surface area (Å²) >= 11 is 0. The molecule has 7 aromatic carbocycles. The predicted octanol–water partition coefficient (Wildman–Crippen LogP) is 12.4. The lowest BCUT2D eigenvalue weighted by Gasteiger charge is -2.15. The largest absolute Gasteiger partial charge is 0.456 e. The molecule has 266 valence electrons. The predicted molar refractivity (Wildman–Crippen MR) is 230 cm³/mol.